The quantitative estimate of drug-likeness (QED) is 0.869. The molecule has 1 aromatic heterocycles. The number of thioether (sulfide) groups is 1. The van der Waals surface area contributed by atoms with Crippen LogP contribution in [0.1, 0.15) is 36.9 Å². The summed E-state index contributed by atoms with van der Waals surface area (Å²) in [7, 11) is 0. The van der Waals surface area contributed by atoms with Crippen molar-refractivity contribution >= 4 is 17.7 Å². The van der Waals surface area contributed by atoms with Gasteiger partial charge in [-0.3, -0.25) is 4.79 Å². The average Bonchev–Trinajstić information content (AvgIpc) is 2.83. The van der Waals surface area contributed by atoms with Gasteiger partial charge in [0.15, 0.2) is 5.82 Å². The maximum absolute atomic E-state index is 11.0. The minimum Gasteiger partial charge on any atom is -0.481 e. The van der Waals surface area contributed by atoms with Crippen molar-refractivity contribution in [3.05, 3.63) is 11.7 Å². The van der Waals surface area contributed by atoms with E-state index in [-0.39, 0.29) is 11.8 Å². The van der Waals surface area contributed by atoms with E-state index in [9.17, 15) is 4.79 Å². The molecule has 16 heavy (non-hydrogen) atoms. The third-order valence-corrected chi connectivity index (χ3v) is 3.45. The number of hydrogen-bond donors (Lipinski definition) is 1. The molecule has 1 fully saturated rings. The molecule has 1 aliphatic rings. The van der Waals surface area contributed by atoms with Crippen LogP contribution >= 0.6 is 11.8 Å². The summed E-state index contributed by atoms with van der Waals surface area (Å²) in [6.45, 7) is 0. The lowest BCUT2D eigenvalue weighted by Crippen LogP contribution is -2.17. The fraction of sp³-hybridized carbons (Fsp3) is 0.700. The summed E-state index contributed by atoms with van der Waals surface area (Å²) >= 11 is 1.62. The minimum absolute atomic E-state index is 0.0967. The highest BCUT2D eigenvalue weighted by Gasteiger charge is 2.37. The van der Waals surface area contributed by atoms with Crippen LogP contribution in [0.5, 0.6) is 0 Å². The van der Waals surface area contributed by atoms with Crippen LogP contribution < -0.4 is 0 Å². The zero-order chi connectivity index (χ0) is 11.5. The van der Waals surface area contributed by atoms with Gasteiger partial charge in [-0.15, -0.1) is 0 Å². The number of nitrogens with zero attached hydrogens (tertiary/aromatic N) is 2. The first-order valence-corrected chi connectivity index (χ1v) is 6.66. The van der Waals surface area contributed by atoms with Crippen molar-refractivity contribution in [2.45, 2.75) is 30.9 Å². The Morgan fingerprint density at radius 3 is 3.12 bits per heavy atom. The van der Waals surface area contributed by atoms with Gasteiger partial charge in [-0.05, 0) is 19.1 Å². The van der Waals surface area contributed by atoms with E-state index in [1.54, 1.807) is 11.8 Å². The average molecular weight is 242 g/mol. The van der Waals surface area contributed by atoms with Crippen LogP contribution in [0, 0.1) is 5.92 Å². The van der Waals surface area contributed by atoms with Gasteiger partial charge in [-0.2, -0.15) is 16.7 Å². The third-order valence-electron chi connectivity index (χ3n) is 2.91. The van der Waals surface area contributed by atoms with E-state index in [1.165, 1.54) is 0 Å². The second-order valence-corrected chi connectivity index (χ2v) is 4.83. The molecule has 2 atom stereocenters. The molecule has 1 saturated carbocycles. The molecule has 2 rings (SSSR count). The monoisotopic (exact) mass is 242 g/mol. The maximum Gasteiger partial charge on any atom is 0.307 e. The standard InChI is InChI=1S/C10H14N2O3S/c1-16-5-8-11-9(15-12-8)6-3-2-4-7(6)10(13)14/h6-7H,2-5H2,1H3,(H,13,14). The summed E-state index contributed by atoms with van der Waals surface area (Å²) < 4.78 is 5.14. The topological polar surface area (TPSA) is 76.2 Å². The Labute approximate surface area is 97.6 Å². The van der Waals surface area contributed by atoms with Crippen LogP contribution in [0.3, 0.4) is 0 Å². The van der Waals surface area contributed by atoms with Gasteiger partial charge in [0.1, 0.15) is 0 Å². The normalized spacial score (nSPS) is 24.8. The molecule has 0 bridgehead atoms. The Morgan fingerprint density at radius 2 is 2.44 bits per heavy atom. The van der Waals surface area contributed by atoms with Crippen molar-refractivity contribution < 1.29 is 14.4 Å². The fourth-order valence-electron chi connectivity index (χ4n) is 2.16. The van der Waals surface area contributed by atoms with Crippen LogP contribution in [0.15, 0.2) is 4.52 Å². The van der Waals surface area contributed by atoms with Crippen molar-refractivity contribution in [2.24, 2.45) is 5.92 Å². The second-order valence-electron chi connectivity index (χ2n) is 3.96. The summed E-state index contributed by atoms with van der Waals surface area (Å²) in [6, 6.07) is 0. The molecule has 1 aliphatic carbocycles. The van der Waals surface area contributed by atoms with Crippen LogP contribution in [0.25, 0.3) is 0 Å². The Bertz CT molecular complexity index is 380. The van der Waals surface area contributed by atoms with E-state index in [2.05, 4.69) is 10.1 Å². The van der Waals surface area contributed by atoms with Crippen LogP contribution in [0.2, 0.25) is 0 Å². The number of carbonyl (C=O) groups is 1. The number of carboxylic acids is 1. The highest BCUT2D eigenvalue weighted by atomic mass is 32.2. The lowest BCUT2D eigenvalue weighted by atomic mass is 9.96. The predicted molar refractivity (Wildman–Crippen MR) is 59.2 cm³/mol. The molecule has 0 spiro atoms. The maximum atomic E-state index is 11.0. The summed E-state index contributed by atoms with van der Waals surface area (Å²) in [4.78, 5) is 15.3. The first-order valence-electron chi connectivity index (χ1n) is 5.26. The van der Waals surface area contributed by atoms with Crippen molar-refractivity contribution in [1.82, 2.24) is 10.1 Å². The molecule has 1 heterocycles. The van der Waals surface area contributed by atoms with Gasteiger partial charge in [0.25, 0.3) is 0 Å². The molecule has 1 aromatic rings. The lowest BCUT2D eigenvalue weighted by molar-refractivity contribution is -0.142. The Balaban J connectivity index is 2.13. The highest BCUT2D eigenvalue weighted by Crippen LogP contribution is 2.38. The fourth-order valence-corrected chi connectivity index (χ4v) is 2.53. The van der Waals surface area contributed by atoms with Gasteiger partial charge in [-0.25, -0.2) is 0 Å². The van der Waals surface area contributed by atoms with E-state index in [1.807, 2.05) is 6.26 Å². The molecule has 5 nitrogen and oxygen atoms in total. The first-order chi connectivity index (χ1) is 7.72. The molecule has 2 unspecified atom stereocenters. The number of carboxylic acid groups (broad SMARTS) is 1. The summed E-state index contributed by atoms with van der Waals surface area (Å²) in [6.07, 6.45) is 4.42. The van der Waals surface area contributed by atoms with Gasteiger partial charge >= 0.3 is 5.97 Å². The number of aliphatic carboxylic acids is 1. The SMILES string of the molecule is CSCc1noc(C2CCCC2C(=O)O)n1. The minimum atomic E-state index is -0.757. The van der Waals surface area contributed by atoms with E-state index in [0.717, 1.165) is 12.8 Å². The van der Waals surface area contributed by atoms with Crippen LogP contribution in [-0.2, 0) is 10.5 Å². The van der Waals surface area contributed by atoms with Crippen LogP contribution in [0.4, 0.5) is 0 Å². The van der Waals surface area contributed by atoms with Crippen molar-refractivity contribution in [3.8, 4) is 0 Å². The van der Waals surface area contributed by atoms with Gasteiger partial charge in [0, 0.05) is 0 Å². The van der Waals surface area contributed by atoms with Gasteiger partial charge < -0.3 is 9.63 Å². The van der Waals surface area contributed by atoms with Gasteiger partial charge in [-0.1, -0.05) is 11.6 Å². The molecule has 0 radical (unpaired) electrons. The van der Waals surface area contributed by atoms with E-state index >= 15 is 0 Å². The van der Waals surface area contributed by atoms with Crippen molar-refractivity contribution in [3.63, 3.8) is 0 Å². The molecule has 6 heteroatoms. The summed E-state index contributed by atoms with van der Waals surface area (Å²) in [5.41, 5.74) is 0. The Hall–Kier alpha value is -1.04. The molecular formula is C10H14N2O3S. The first kappa shape index (κ1) is 11.4. The summed E-state index contributed by atoms with van der Waals surface area (Å²) in [5, 5.41) is 12.9. The molecule has 1 N–H and O–H groups in total. The summed E-state index contributed by atoms with van der Waals surface area (Å²) in [5.74, 6) is 0.635. The third kappa shape index (κ3) is 2.21. The molecule has 0 aromatic carbocycles. The van der Waals surface area contributed by atoms with Crippen LogP contribution in [-0.4, -0.2) is 27.5 Å². The van der Waals surface area contributed by atoms with Crippen molar-refractivity contribution in [2.75, 3.05) is 6.26 Å². The van der Waals surface area contributed by atoms with E-state index < -0.39 is 5.97 Å². The van der Waals surface area contributed by atoms with Crippen molar-refractivity contribution in [1.29, 1.82) is 0 Å². The van der Waals surface area contributed by atoms with E-state index in [0.29, 0.717) is 23.9 Å². The molecule has 0 saturated heterocycles. The zero-order valence-electron chi connectivity index (χ0n) is 9.05. The molecule has 0 amide bonds. The number of rotatable bonds is 4. The number of hydrogen-bond acceptors (Lipinski definition) is 5. The smallest absolute Gasteiger partial charge is 0.307 e. The number of aromatic nitrogens is 2. The zero-order valence-corrected chi connectivity index (χ0v) is 9.87. The van der Waals surface area contributed by atoms with Gasteiger partial charge in [0.05, 0.1) is 17.6 Å². The van der Waals surface area contributed by atoms with Gasteiger partial charge in [0.2, 0.25) is 5.89 Å². The highest BCUT2D eigenvalue weighted by molar-refractivity contribution is 7.97. The second kappa shape index (κ2) is 4.86. The Kier molecular flexibility index (Phi) is 3.48. The van der Waals surface area contributed by atoms with E-state index in [4.69, 9.17) is 9.63 Å². The molecule has 88 valence electrons. The largest absolute Gasteiger partial charge is 0.481 e. The molecule has 0 aliphatic heterocycles. The lowest BCUT2D eigenvalue weighted by Gasteiger charge is -2.09. The predicted octanol–water partition coefficient (Wildman–Crippen LogP) is 1.90. The Morgan fingerprint density at radius 1 is 1.62 bits per heavy atom. The molecular weight excluding hydrogens is 228 g/mol.